The lowest BCUT2D eigenvalue weighted by atomic mass is 9.95. The van der Waals surface area contributed by atoms with Gasteiger partial charge in [0.1, 0.15) is 18.7 Å². The molecule has 2 aliphatic rings. The summed E-state index contributed by atoms with van der Waals surface area (Å²) >= 11 is 0. The van der Waals surface area contributed by atoms with Gasteiger partial charge in [-0.1, -0.05) is 30.4 Å². The van der Waals surface area contributed by atoms with E-state index in [-0.39, 0.29) is 18.0 Å². The SMILES string of the molecule is C=C(C)c1cccc(COC2=NC3C(=CC=NC3c3cn(C)cn3)C(O)=N2)c1. The quantitative estimate of drug-likeness (QED) is 0.889. The highest BCUT2D eigenvalue weighted by Gasteiger charge is 2.35. The summed E-state index contributed by atoms with van der Waals surface area (Å²) in [7, 11) is 1.90. The molecule has 1 aromatic heterocycles. The molecule has 7 nitrogen and oxygen atoms in total. The maximum absolute atomic E-state index is 10.4. The molecule has 2 aromatic rings. The Kier molecular flexibility index (Phi) is 4.65. The average Bonchev–Trinajstić information content (AvgIpc) is 3.12. The van der Waals surface area contributed by atoms with Gasteiger partial charge in [0.05, 0.1) is 12.0 Å². The van der Waals surface area contributed by atoms with Crippen LogP contribution in [-0.2, 0) is 18.4 Å². The van der Waals surface area contributed by atoms with E-state index in [1.807, 2.05) is 49.0 Å². The molecule has 0 radical (unpaired) electrons. The van der Waals surface area contributed by atoms with Crippen LogP contribution < -0.4 is 0 Å². The number of fused-ring (bicyclic) bond motifs is 1. The van der Waals surface area contributed by atoms with Gasteiger partial charge in [-0.3, -0.25) is 4.99 Å². The Bertz CT molecular complexity index is 1040. The molecule has 0 amide bonds. The lowest BCUT2D eigenvalue weighted by molar-refractivity contribution is 0.282. The number of allylic oxidation sites excluding steroid dienone is 2. The van der Waals surface area contributed by atoms with Crippen molar-refractivity contribution >= 4 is 23.7 Å². The molecule has 3 heterocycles. The Morgan fingerprint density at radius 3 is 2.93 bits per heavy atom. The van der Waals surface area contributed by atoms with E-state index in [2.05, 4.69) is 26.5 Å². The van der Waals surface area contributed by atoms with E-state index in [0.717, 1.165) is 22.4 Å². The van der Waals surface area contributed by atoms with Crippen LogP contribution in [0.25, 0.3) is 5.57 Å². The molecular weight excluding hydrogens is 354 g/mol. The van der Waals surface area contributed by atoms with E-state index >= 15 is 0 Å². The molecular formula is C21H21N5O2. The Labute approximate surface area is 163 Å². The van der Waals surface area contributed by atoms with Crippen molar-refractivity contribution in [3.05, 3.63) is 71.8 Å². The number of aromatic nitrogens is 2. The summed E-state index contributed by atoms with van der Waals surface area (Å²) in [6.45, 7) is 6.22. The summed E-state index contributed by atoms with van der Waals surface area (Å²) in [6, 6.07) is 7.33. The molecule has 4 rings (SSSR count). The summed E-state index contributed by atoms with van der Waals surface area (Å²) < 4.78 is 7.64. The standard InChI is InChI=1S/C21H21N5O2/c1-13(2)15-6-4-5-14(9-15)11-28-21-24-18-16(20(27)25-21)7-8-22-19(18)17-10-26(3)12-23-17/h4-10,12,18-19H,1,11H2,2-3H3,(H,24,25,27). The summed E-state index contributed by atoms with van der Waals surface area (Å²) in [4.78, 5) is 17.6. The lowest BCUT2D eigenvalue weighted by Crippen LogP contribution is -2.31. The van der Waals surface area contributed by atoms with Gasteiger partial charge in [0.15, 0.2) is 0 Å². The molecule has 1 N–H and O–H groups in total. The van der Waals surface area contributed by atoms with E-state index in [0.29, 0.717) is 12.2 Å². The van der Waals surface area contributed by atoms with E-state index in [4.69, 9.17) is 4.74 Å². The Morgan fingerprint density at radius 1 is 1.32 bits per heavy atom. The van der Waals surface area contributed by atoms with Crippen molar-refractivity contribution in [2.45, 2.75) is 25.6 Å². The second-order valence-electron chi connectivity index (χ2n) is 6.89. The van der Waals surface area contributed by atoms with Crippen molar-refractivity contribution in [1.29, 1.82) is 0 Å². The molecule has 0 fully saturated rings. The highest BCUT2D eigenvalue weighted by molar-refractivity contribution is 6.05. The van der Waals surface area contributed by atoms with Gasteiger partial charge in [-0.2, -0.15) is 4.99 Å². The van der Waals surface area contributed by atoms with Crippen LogP contribution in [0.4, 0.5) is 0 Å². The number of aliphatic hydroxyl groups excluding tert-OH is 1. The Hall–Kier alpha value is -3.48. The van der Waals surface area contributed by atoms with Gasteiger partial charge < -0.3 is 14.4 Å². The first-order valence-electron chi connectivity index (χ1n) is 8.96. The van der Waals surface area contributed by atoms with Crippen LogP contribution in [0.3, 0.4) is 0 Å². The third-order valence-electron chi connectivity index (χ3n) is 4.64. The average molecular weight is 375 g/mol. The van der Waals surface area contributed by atoms with Crippen molar-refractivity contribution < 1.29 is 9.84 Å². The molecule has 2 unspecified atom stereocenters. The highest BCUT2D eigenvalue weighted by atomic mass is 16.5. The van der Waals surface area contributed by atoms with Gasteiger partial charge in [0.2, 0.25) is 5.90 Å². The van der Waals surface area contributed by atoms with Gasteiger partial charge in [0.25, 0.3) is 0 Å². The predicted molar refractivity (Wildman–Crippen MR) is 110 cm³/mol. The monoisotopic (exact) mass is 375 g/mol. The third kappa shape index (κ3) is 3.51. The minimum absolute atomic E-state index is 0.0993. The second-order valence-corrected chi connectivity index (χ2v) is 6.89. The van der Waals surface area contributed by atoms with Crippen molar-refractivity contribution in [3.8, 4) is 0 Å². The zero-order valence-electron chi connectivity index (χ0n) is 15.8. The molecule has 0 saturated carbocycles. The lowest BCUT2D eigenvalue weighted by Gasteiger charge is -2.26. The van der Waals surface area contributed by atoms with Crippen LogP contribution in [-0.4, -0.2) is 38.8 Å². The van der Waals surface area contributed by atoms with Crippen LogP contribution in [0, 0.1) is 0 Å². The molecule has 2 atom stereocenters. The fourth-order valence-corrected chi connectivity index (χ4v) is 3.18. The first kappa shape index (κ1) is 17.9. The number of hydrogen-bond donors (Lipinski definition) is 1. The van der Waals surface area contributed by atoms with Crippen molar-refractivity contribution in [2.24, 2.45) is 22.0 Å². The number of imidazole rings is 1. The van der Waals surface area contributed by atoms with Crippen molar-refractivity contribution in [1.82, 2.24) is 9.55 Å². The first-order valence-corrected chi connectivity index (χ1v) is 8.96. The fraction of sp³-hybridized carbons (Fsp3) is 0.238. The van der Waals surface area contributed by atoms with Gasteiger partial charge in [-0.25, -0.2) is 9.98 Å². The summed E-state index contributed by atoms with van der Waals surface area (Å²) in [5.74, 6) is -0.0993. The minimum atomic E-state index is -0.422. The fourth-order valence-electron chi connectivity index (χ4n) is 3.18. The second kappa shape index (κ2) is 7.26. The number of aryl methyl sites for hydroxylation is 1. The Balaban J connectivity index is 1.56. The molecule has 0 bridgehead atoms. The van der Waals surface area contributed by atoms with Crippen LogP contribution in [0.2, 0.25) is 0 Å². The van der Waals surface area contributed by atoms with E-state index in [1.165, 1.54) is 0 Å². The molecule has 1 aromatic carbocycles. The van der Waals surface area contributed by atoms with Gasteiger partial charge >= 0.3 is 6.02 Å². The number of aliphatic hydroxyl groups is 1. The van der Waals surface area contributed by atoms with Crippen LogP contribution in [0.5, 0.6) is 0 Å². The number of benzene rings is 1. The smallest absolute Gasteiger partial charge is 0.316 e. The molecule has 0 aliphatic carbocycles. The van der Waals surface area contributed by atoms with Gasteiger partial charge in [-0.15, -0.1) is 0 Å². The van der Waals surface area contributed by atoms with Crippen LogP contribution >= 0.6 is 0 Å². The van der Waals surface area contributed by atoms with E-state index < -0.39 is 6.04 Å². The van der Waals surface area contributed by atoms with E-state index in [1.54, 1.807) is 18.6 Å². The van der Waals surface area contributed by atoms with Crippen molar-refractivity contribution in [3.63, 3.8) is 0 Å². The molecule has 28 heavy (non-hydrogen) atoms. The molecule has 2 aliphatic heterocycles. The summed E-state index contributed by atoms with van der Waals surface area (Å²) in [5, 5.41) is 10.4. The topological polar surface area (TPSA) is 84.4 Å². The number of hydrogen-bond acceptors (Lipinski definition) is 5. The summed E-state index contributed by atoms with van der Waals surface area (Å²) in [5.41, 5.74) is 4.41. The Morgan fingerprint density at radius 2 is 2.18 bits per heavy atom. The zero-order valence-corrected chi connectivity index (χ0v) is 15.8. The van der Waals surface area contributed by atoms with Crippen LogP contribution in [0.15, 0.2) is 70.0 Å². The van der Waals surface area contributed by atoms with Crippen LogP contribution in [0.1, 0.15) is 29.8 Å². The largest absolute Gasteiger partial charge is 0.493 e. The summed E-state index contributed by atoms with van der Waals surface area (Å²) in [6.07, 6.45) is 6.99. The zero-order chi connectivity index (χ0) is 19.7. The normalized spacial score (nSPS) is 20.7. The highest BCUT2D eigenvalue weighted by Crippen LogP contribution is 2.32. The maximum atomic E-state index is 10.4. The third-order valence-corrected chi connectivity index (χ3v) is 4.64. The number of rotatable bonds is 4. The molecule has 0 saturated heterocycles. The molecule has 0 spiro atoms. The number of ether oxygens (including phenoxy) is 1. The van der Waals surface area contributed by atoms with Gasteiger partial charge in [-0.05, 0) is 30.2 Å². The number of nitrogens with zero attached hydrogens (tertiary/aromatic N) is 5. The predicted octanol–water partition coefficient (Wildman–Crippen LogP) is 3.42. The number of amidine groups is 1. The van der Waals surface area contributed by atoms with E-state index in [9.17, 15) is 5.11 Å². The first-order chi connectivity index (χ1) is 13.5. The maximum Gasteiger partial charge on any atom is 0.316 e. The van der Waals surface area contributed by atoms with Crippen molar-refractivity contribution in [2.75, 3.05) is 0 Å². The molecule has 142 valence electrons. The number of dihydropyridines is 1. The number of aliphatic imine (C=N–C) groups is 3. The minimum Gasteiger partial charge on any atom is -0.493 e. The molecule has 7 heteroatoms. The van der Waals surface area contributed by atoms with Gasteiger partial charge in [0, 0.05) is 25.0 Å².